The number of aliphatic hydroxyl groups excluding tert-OH is 2. The van der Waals surface area contributed by atoms with E-state index < -0.39 is 51.3 Å². The van der Waals surface area contributed by atoms with Crippen LogP contribution in [0.5, 0.6) is 0 Å². The number of aliphatic hydroxyl groups is 2. The van der Waals surface area contributed by atoms with E-state index in [4.69, 9.17) is 24.3 Å². The number of allylic oxidation sites excluding steroid dienone is 17. The van der Waals surface area contributed by atoms with Crippen LogP contribution in [0, 0.1) is 0 Å². The van der Waals surface area contributed by atoms with E-state index in [0.717, 1.165) is 77.0 Å². The summed E-state index contributed by atoms with van der Waals surface area (Å²) in [6.07, 6.45) is 47.2. The SMILES string of the molecule is CC/C=C\C/C=C\C/C=C\C/C=C\C/C=C\CCCCCC(=O)O[C@H](COC(=O)CCC[C@H](O)[C@@H](O)C/C=C\C/C=C\C/C=C\C/C=C\CC)COP(=O)(O)OCCN. The molecule has 4 atom stereocenters. The molecule has 5 N–H and O–H groups in total. The number of hydrogen-bond donors (Lipinski definition) is 4. The molecule has 0 radical (unpaired) electrons. The third-order valence-electron chi connectivity index (χ3n) is 8.35. The number of esters is 2. The van der Waals surface area contributed by atoms with Crippen LogP contribution in [0.3, 0.4) is 0 Å². The van der Waals surface area contributed by atoms with E-state index in [1.807, 2.05) is 18.2 Å². The van der Waals surface area contributed by atoms with Gasteiger partial charge < -0.3 is 30.3 Å². The molecule has 0 aliphatic rings. The van der Waals surface area contributed by atoms with Crippen LogP contribution in [-0.4, -0.2) is 71.7 Å². The lowest BCUT2D eigenvalue weighted by Crippen LogP contribution is -2.30. The molecule has 0 rings (SSSR count). The normalized spacial score (nSPS) is 15.4. The molecular formula is C47H76NO10P. The Kier molecular flexibility index (Phi) is 38.9. The van der Waals surface area contributed by atoms with Crippen LogP contribution in [0.2, 0.25) is 0 Å². The molecule has 0 aliphatic heterocycles. The lowest BCUT2D eigenvalue weighted by Gasteiger charge is -2.20. The van der Waals surface area contributed by atoms with Gasteiger partial charge in [-0.15, -0.1) is 0 Å². The van der Waals surface area contributed by atoms with E-state index in [9.17, 15) is 29.3 Å². The molecule has 12 heteroatoms. The van der Waals surface area contributed by atoms with Gasteiger partial charge in [-0.3, -0.25) is 18.6 Å². The Morgan fingerprint density at radius 2 is 1.05 bits per heavy atom. The Morgan fingerprint density at radius 3 is 1.56 bits per heavy atom. The first-order valence-corrected chi connectivity index (χ1v) is 23.0. The van der Waals surface area contributed by atoms with Crippen LogP contribution in [0.1, 0.15) is 129 Å². The second-order valence-electron chi connectivity index (χ2n) is 13.8. The first-order chi connectivity index (χ1) is 28.6. The van der Waals surface area contributed by atoms with Crippen LogP contribution >= 0.6 is 7.82 Å². The highest BCUT2D eigenvalue weighted by Crippen LogP contribution is 2.43. The van der Waals surface area contributed by atoms with Gasteiger partial charge in [-0.2, -0.15) is 0 Å². The molecule has 0 aromatic heterocycles. The predicted molar refractivity (Wildman–Crippen MR) is 240 cm³/mol. The van der Waals surface area contributed by atoms with Crippen molar-refractivity contribution in [3.8, 4) is 0 Å². The zero-order valence-corrected chi connectivity index (χ0v) is 36.8. The van der Waals surface area contributed by atoms with E-state index in [0.29, 0.717) is 6.42 Å². The number of phosphoric ester groups is 1. The quantitative estimate of drug-likeness (QED) is 0.0201. The summed E-state index contributed by atoms with van der Waals surface area (Å²) >= 11 is 0. The fraction of sp³-hybridized carbons (Fsp3) is 0.574. The molecule has 0 aliphatic carbocycles. The molecule has 0 aromatic rings. The van der Waals surface area contributed by atoms with Gasteiger partial charge in [0.2, 0.25) is 0 Å². The van der Waals surface area contributed by atoms with Gasteiger partial charge in [0.05, 0.1) is 25.4 Å². The topological polar surface area (TPSA) is 175 Å². The van der Waals surface area contributed by atoms with Gasteiger partial charge in [0.25, 0.3) is 0 Å². The number of nitrogens with two attached hydrogens (primary N) is 1. The van der Waals surface area contributed by atoms with Gasteiger partial charge >= 0.3 is 19.8 Å². The summed E-state index contributed by atoms with van der Waals surface area (Å²) in [6.45, 7) is 3.09. The minimum Gasteiger partial charge on any atom is -0.462 e. The molecule has 0 saturated carbocycles. The molecule has 0 spiro atoms. The van der Waals surface area contributed by atoms with Crippen molar-refractivity contribution in [2.45, 2.75) is 148 Å². The molecular weight excluding hydrogens is 769 g/mol. The number of ether oxygens (including phenoxy) is 2. The number of hydrogen-bond acceptors (Lipinski definition) is 10. The van der Waals surface area contributed by atoms with Crippen molar-refractivity contribution >= 4 is 19.8 Å². The highest BCUT2D eigenvalue weighted by Gasteiger charge is 2.26. The average Bonchev–Trinajstić information content (AvgIpc) is 3.22. The lowest BCUT2D eigenvalue weighted by atomic mass is 10.0. The van der Waals surface area contributed by atoms with E-state index >= 15 is 0 Å². The van der Waals surface area contributed by atoms with Crippen molar-refractivity contribution in [2.24, 2.45) is 5.73 Å². The maximum atomic E-state index is 12.6. The first-order valence-electron chi connectivity index (χ1n) is 21.5. The van der Waals surface area contributed by atoms with E-state index in [-0.39, 0.29) is 45.3 Å². The third-order valence-corrected chi connectivity index (χ3v) is 9.34. The second-order valence-corrected chi connectivity index (χ2v) is 15.2. The zero-order valence-electron chi connectivity index (χ0n) is 35.9. The van der Waals surface area contributed by atoms with Gasteiger partial charge in [0, 0.05) is 19.4 Å². The lowest BCUT2D eigenvalue weighted by molar-refractivity contribution is -0.161. The smallest absolute Gasteiger partial charge is 0.462 e. The molecule has 334 valence electrons. The summed E-state index contributed by atoms with van der Waals surface area (Å²) in [4.78, 5) is 34.9. The number of unbranched alkanes of at least 4 members (excludes halogenated alkanes) is 3. The van der Waals surface area contributed by atoms with Crippen molar-refractivity contribution in [3.05, 3.63) is 109 Å². The van der Waals surface area contributed by atoms with Crippen LogP contribution in [-0.2, 0) is 32.7 Å². The Balaban J connectivity index is 4.49. The minimum absolute atomic E-state index is 0.00117. The monoisotopic (exact) mass is 846 g/mol. The molecule has 1 unspecified atom stereocenters. The number of carbonyl (C=O) groups excluding carboxylic acids is 2. The maximum absolute atomic E-state index is 12.6. The maximum Gasteiger partial charge on any atom is 0.472 e. The summed E-state index contributed by atoms with van der Waals surface area (Å²) < 4.78 is 32.5. The fourth-order valence-electron chi connectivity index (χ4n) is 5.10. The Morgan fingerprint density at radius 1 is 0.576 bits per heavy atom. The zero-order chi connectivity index (χ0) is 43.5. The Hall–Kier alpha value is -3.41. The predicted octanol–water partition coefficient (Wildman–Crippen LogP) is 10.3. The van der Waals surface area contributed by atoms with Gasteiger partial charge in [0.15, 0.2) is 6.10 Å². The molecule has 0 fully saturated rings. The summed E-state index contributed by atoms with van der Waals surface area (Å²) in [5, 5.41) is 20.6. The van der Waals surface area contributed by atoms with Gasteiger partial charge in [-0.05, 0) is 96.3 Å². The first kappa shape index (κ1) is 55.6. The minimum atomic E-state index is -4.47. The van der Waals surface area contributed by atoms with E-state index in [1.165, 1.54) is 0 Å². The third kappa shape index (κ3) is 39.8. The Bertz CT molecular complexity index is 1360. The van der Waals surface area contributed by atoms with Crippen LogP contribution in [0.25, 0.3) is 0 Å². The summed E-state index contributed by atoms with van der Waals surface area (Å²) in [6, 6.07) is 0. The number of rotatable bonds is 38. The van der Waals surface area contributed by atoms with Crippen molar-refractivity contribution in [2.75, 3.05) is 26.4 Å². The highest BCUT2D eigenvalue weighted by molar-refractivity contribution is 7.47. The Labute approximate surface area is 355 Å². The van der Waals surface area contributed by atoms with Crippen molar-refractivity contribution in [3.63, 3.8) is 0 Å². The van der Waals surface area contributed by atoms with Gasteiger partial charge in [-0.25, -0.2) is 4.57 Å². The molecule has 0 saturated heterocycles. The molecule has 0 amide bonds. The van der Waals surface area contributed by atoms with Crippen LogP contribution in [0.4, 0.5) is 0 Å². The molecule has 0 heterocycles. The van der Waals surface area contributed by atoms with E-state index in [1.54, 1.807) is 0 Å². The molecule has 0 bridgehead atoms. The summed E-state index contributed by atoms with van der Waals surface area (Å²) in [7, 11) is -4.47. The van der Waals surface area contributed by atoms with Gasteiger partial charge in [-0.1, -0.05) is 130 Å². The van der Waals surface area contributed by atoms with Crippen molar-refractivity contribution < 1.29 is 47.8 Å². The number of phosphoric acid groups is 1. The van der Waals surface area contributed by atoms with E-state index in [2.05, 4.69) is 105 Å². The van der Waals surface area contributed by atoms with Crippen molar-refractivity contribution in [1.82, 2.24) is 0 Å². The molecule has 59 heavy (non-hydrogen) atoms. The van der Waals surface area contributed by atoms with Crippen LogP contribution < -0.4 is 5.73 Å². The average molecular weight is 846 g/mol. The number of carbonyl (C=O) groups is 2. The van der Waals surface area contributed by atoms with Crippen LogP contribution in [0.15, 0.2) is 109 Å². The fourth-order valence-corrected chi connectivity index (χ4v) is 5.86. The molecule has 0 aromatic carbocycles. The highest BCUT2D eigenvalue weighted by atomic mass is 31.2. The largest absolute Gasteiger partial charge is 0.472 e. The summed E-state index contributed by atoms with van der Waals surface area (Å²) in [5.74, 6) is -1.17. The van der Waals surface area contributed by atoms with Gasteiger partial charge in [0.1, 0.15) is 6.61 Å². The van der Waals surface area contributed by atoms with Crippen molar-refractivity contribution in [1.29, 1.82) is 0 Å². The summed E-state index contributed by atoms with van der Waals surface area (Å²) in [5.41, 5.74) is 5.33. The second kappa shape index (κ2) is 41.3. The molecule has 11 nitrogen and oxygen atoms in total. The standard InChI is InChI=1S/C47H76NO10P/c1-3-5-7-9-11-13-15-17-18-19-20-21-22-23-25-27-29-31-33-37-47(52)58-43(42-57-59(53,54)56-40-39-48)41-55-46(51)38-34-36-45(50)44(49)35-32-30-28-26-24-16-14-12-10-8-6-4-2/h5-8,11-14,17-18,20-21,23-26,30,32,43-45,49-50H,3-4,9-10,15-16,19,22,27-29,31,33-42,48H2,1-2H3,(H,53,54)/b7-5-,8-6-,13-11-,14-12-,18-17-,21-20-,25-23-,26-24-,32-30-/t43-,44+,45+/m1/s1.